The van der Waals surface area contributed by atoms with E-state index in [1.54, 1.807) is 29.0 Å². The summed E-state index contributed by atoms with van der Waals surface area (Å²) in [6, 6.07) is 3.76. The van der Waals surface area contributed by atoms with E-state index in [9.17, 15) is 4.79 Å². The number of carbonyl (C=O) groups is 1. The Balaban J connectivity index is 1.87. The number of pyridine rings is 1. The predicted molar refractivity (Wildman–Crippen MR) is 74.0 cm³/mol. The first kappa shape index (κ1) is 13.5. The van der Waals surface area contributed by atoms with Gasteiger partial charge in [0.2, 0.25) is 5.91 Å². The second kappa shape index (κ2) is 6.89. The van der Waals surface area contributed by atoms with Gasteiger partial charge >= 0.3 is 0 Å². The summed E-state index contributed by atoms with van der Waals surface area (Å²) in [5.41, 5.74) is 0.960. The number of nitrogens with zero attached hydrogens (tertiary/aromatic N) is 4. The molecule has 2 aromatic heterocycles. The number of rotatable bonds is 6. The molecule has 0 saturated heterocycles. The van der Waals surface area contributed by atoms with Crippen LogP contribution >= 0.6 is 11.8 Å². The largest absolute Gasteiger partial charge is 0.352 e. The van der Waals surface area contributed by atoms with E-state index in [-0.39, 0.29) is 5.91 Å². The molecule has 0 atom stereocenters. The molecule has 0 aliphatic rings. The van der Waals surface area contributed by atoms with Gasteiger partial charge in [-0.1, -0.05) is 6.07 Å². The molecule has 19 heavy (non-hydrogen) atoms. The summed E-state index contributed by atoms with van der Waals surface area (Å²) in [7, 11) is 0. The van der Waals surface area contributed by atoms with E-state index in [4.69, 9.17) is 0 Å². The molecule has 0 saturated carbocycles. The number of hydrogen-bond donors (Lipinski definition) is 1. The highest BCUT2D eigenvalue weighted by Gasteiger charge is 2.02. The Labute approximate surface area is 115 Å². The minimum atomic E-state index is 0.0645. The van der Waals surface area contributed by atoms with Crippen LogP contribution in [0.4, 0.5) is 0 Å². The van der Waals surface area contributed by atoms with Crippen LogP contribution in [0, 0.1) is 0 Å². The first-order chi connectivity index (χ1) is 9.29. The minimum absolute atomic E-state index is 0.0645. The summed E-state index contributed by atoms with van der Waals surface area (Å²) >= 11 is 1.66. The summed E-state index contributed by atoms with van der Waals surface area (Å²) in [6.45, 7) is 0.498. The molecule has 100 valence electrons. The van der Waals surface area contributed by atoms with Gasteiger partial charge in [-0.3, -0.25) is 4.79 Å². The Kier molecular flexibility index (Phi) is 4.91. The molecule has 2 heterocycles. The van der Waals surface area contributed by atoms with E-state index in [1.807, 2.05) is 18.4 Å². The molecule has 0 spiro atoms. The van der Waals surface area contributed by atoms with Crippen LogP contribution in [0.1, 0.15) is 12.0 Å². The third kappa shape index (κ3) is 4.06. The van der Waals surface area contributed by atoms with Gasteiger partial charge in [0.15, 0.2) is 5.82 Å². The van der Waals surface area contributed by atoms with Gasteiger partial charge < -0.3 is 5.32 Å². The van der Waals surface area contributed by atoms with Gasteiger partial charge in [0, 0.05) is 24.9 Å². The van der Waals surface area contributed by atoms with Crippen molar-refractivity contribution >= 4 is 17.7 Å². The molecule has 0 aromatic carbocycles. The van der Waals surface area contributed by atoms with Crippen LogP contribution in [-0.4, -0.2) is 37.7 Å². The Bertz CT molecular complexity index is 511. The van der Waals surface area contributed by atoms with E-state index in [1.165, 1.54) is 6.33 Å². The van der Waals surface area contributed by atoms with Gasteiger partial charge in [-0.25, -0.2) is 14.6 Å². The lowest BCUT2D eigenvalue weighted by Gasteiger charge is -2.05. The summed E-state index contributed by atoms with van der Waals surface area (Å²) in [6.07, 6.45) is 7.31. The molecular weight excluding hydrogens is 262 g/mol. The third-order valence-electron chi connectivity index (χ3n) is 2.49. The van der Waals surface area contributed by atoms with E-state index in [2.05, 4.69) is 20.4 Å². The van der Waals surface area contributed by atoms with Gasteiger partial charge in [0.05, 0.1) is 0 Å². The molecule has 1 N–H and O–H groups in total. The van der Waals surface area contributed by atoms with Crippen molar-refractivity contribution in [3.63, 3.8) is 0 Å². The van der Waals surface area contributed by atoms with Crippen LogP contribution in [0.3, 0.4) is 0 Å². The summed E-state index contributed by atoms with van der Waals surface area (Å²) in [5.74, 6) is 1.61. The van der Waals surface area contributed by atoms with Gasteiger partial charge in [0.25, 0.3) is 0 Å². The zero-order valence-corrected chi connectivity index (χ0v) is 11.4. The summed E-state index contributed by atoms with van der Waals surface area (Å²) < 4.78 is 1.58. The topological polar surface area (TPSA) is 72.7 Å². The number of thioether (sulfide) groups is 1. The molecule has 6 nitrogen and oxygen atoms in total. The second-order valence-corrected chi connectivity index (χ2v) is 4.87. The monoisotopic (exact) mass is 277 g/mol. The standard InChI is InChI=1S/C12H15N5OS/c1-19-5-4-12(18)15-7-10-2-3-11(14-6-10)17-9-13-8-16-17/h2-3,6,8-9H,4-5,7H2,1H3,(H,15,18). The maximum Gasteiger partial charge on any atom is 0.221 e. The lowest BCUT2D eigenvalue weighted by Crippen LogP contribution is -2.23. The predicted octanol–water partition coefficient (Wildman–Crippen LogP) is 1.03. The molecule has 2 aromatic rings. The van der Waals surface area contributed by atoms with E-state index in [0.717, 1.165) is 11.3 Å². The fourth-order valence-electron chi connectivity index (χ4n) is 1.47. The molecule has 0 bridgehead atoms. The fourth-order valence-corrected chi connectivity index (χ4v) is 1.86. The smallest absolute Gasteiger partial charge is 0.221 e. The summed E-state index contributed by atoms with van der Waals surface area (Å²) in [5, 5.41) is 6.86. The average molecular weight is 277 g/mol. The van der Waals surface area contributed by atoms with Crippen LogP contribution < -0.4 is 5.32 Å². The third-order valence-corrected chi connectivity index (χ3v) is 3.10. The van der Waals surface area contributed by atoms with Gasteiger partial charge in [0.1, 0.15) is 12.7 Å². The zero-order chi connectivity index (χ0) is 13.5. The fraction of sp³-hybridized carbons (Fsp3) is 0.333. The first-order valence-corrected chi connectivity index (χ1v) is 7.24. The molecular formula is C12H15N5OS. The molecule has 0 radical (unpaired) electrons. The maximum absolute atomic E-state index is 11.5. The second-order valence-electron chi connectivity index (χ2n) is 3.88. The molecule has 7 heteroatoms. The molecule has 2 rings (SSSR count). The van der Waals surface area contributed by atoms with Crippen molar-refractivity contribution in [2.75, 3.05) is 12.0 Å². The van der Waals surface area contributed by atoms with Gasteiger partial charge in [-0.05, 0) is 17.9 Å². The van der Waals surface area contributed by atoms with Crippen molar-refractivity contribution in [1.82, 2.24) is 25.1 Å². The van der Waals surface area contributed by atoms with E-state index < -0.39 is 0 Å². The number of hydrogen-bond acceptors (Lipinski definition) is 5. The van der Waals surface area contributed by atoms with Crippen LogP contribution in [0.15, 0.2) is 31.0 Å². The highest BCUT2D eigenvalue weighted by Crippen LogP contribution is 2.04. The molecule has 0 fully saturated rings. The van der Waals surface area contributed by atoms with Crippen molar-refractivity contribution in [2.45, 2.75) is 13.0 Å². The van der Waals surface area contributed by atoms with Crippen LogP contribution in [0.2, 0.25) is 0 Å². The Morgan fingerprint density at radius 3 is 3.00 bits per heavy atom. The van der Waals surface area contributed by atoms with E-state index >= 15 is 0 Å². The van der Waals surface area contributed by atoms with Crippen LogP contribution in [0.5, 0.6) is 0 Å². The SMILES string of the molecule is CSCCC(=O)NCc1ccc(-n2cncn2)nc1. The quantitative estimate of drug-likeness (QED) is 0.854. The Morgan fingerprint density at radius 2 is 2.37 bits per heavy atom. The lowest BCUT2D eigenvalue weighted by molar-refractivity contribution is -0.120. The Hall–Kier alpha value is -1.89. The number of carbonyl (C=O) groups excluding carboxylic acids is 1. The average Bonchev–Trinajstić information content (AvgIpc) is 2.97. The minimum Gasteiger partial charge on any atom is -0.352 e. The normalized spacial score (nSPS) is 10.4. The van der Waals surface area contributed by atoms with E-state index in [0.29, 0.717) is 18.8 Å². The van der Waals surface area contributed by atoms with Gasteiger partial charge in [-0.2, -0.15) is 16.9 Å². The van der Waals surface area contributed by atoms with Crippen molar-refractivity contribution in [2.24, 2.45) is 0 Å². The van der Waals surface area contributed by atoms with Crippen LogP contribution in [0.25, 0.3) is 5.82 Å². The Morgan fingerprint density at radius 1 is 1.47 bits per heavy atom. The number of amides is 1. The van der Waals surface area contributed by atoms with Crippen molar-refractivity contribution in [3.8, 4) is 5.82 Å². The molecule has 0 unspecified atom stereocenters. The van der Waals surface area contributed by atoms with Crippen LogP contribution in [-0.2, 0) is 11.3 Å². The van der Waals surface area contributed by atoms with Crippen molar-refractivity contribution in [3.05, 3.63) is 36.5 Å². The maximum atomic E-state index is 11.5. The van der Waals surface area contributed by atoms with Gasteiger partial charge in [-0.15, -0.1) is 0 Å². The number of aromatic nitrogens is 4. The molecule has 1 amide bonds. The molecule has 0 aliphatic heterocycles. The van der Waals surface area contributed by atoms with Crippen molar-refractivity contribution in [1.29, 1.82) is 0 Å². The summed E-state index contributed by atoms with van der Waals surface area (Å²) in [4.78, 5) is 19.6. The lowest BCUT2D eigenvalue weighted by atomic mass is 10.3. The zero-order valence-electron chi connectivity index (χ0n) is 10.6. The molecule has 0 aliphatic carbocycles. The first-order valence-electron chi connectivity index (χ1n) is 5.85. The highest BCUT2D eigenvalue weighted by molar-refractivity contribution is 7.98. The highest BCUT2D eigenvalue weighted by atomic mass is 32.2. The number of nitrogens with one attached hydrogen (secondary N) is 1. The van der Waals surface area contributed by atoms with Crippen molar-refractivity contribution < 1.29 is 4.79 Å².